The number of alkyl halides is 2. The third-order valence-electron chi connectivity index (χ3n) is 5.83. The molecule has 0 atom stereocenters. The smallest absolute Gasteiger partial charge is 0.419 e. The third-order valence-corrected chi connectivity index (χ3v) is 5.83. The zero-order chi connectivity index (χ0) is 26.6. The number of hydrogen-bond donors (Lipinski definition) is 0. The summed E-state index contributed by atoms with van der Waals surface area (Å²) in [6.07, 6.45) is -0.546. The molecule has 37 heavy (non-hydrogen) atoms. The Kier molecular flexibility index (Phi) is 8.24. The molecule has 3 nitrogen and oxygen atoms in total. The molecule has 1 heterocycles. The monoisotopic (exact) mass is 522 g/mol. The lowest BCUT2D eigenvalue weighted by Gasteiger charge is -2.29. The maximum Gasteiger partial charge on any atom is 0.419 e. The van der Waals surface area contributed by atoms with E-state index in [-0.39, 0.29) is 11.1 Å². The highest BCUT2D eigenvalue weighted by Crippen LogP contribution is 2.32. The Bertz CT molecular complexity index is 1230. The molecule has 0 spiro atoms. The Balaban J connectivity index is 1.39. The molecule has 0 unspecified atom stereocenters. The first-order valence-corrected chi connectivity index (χ1v) is 11.7. The van der Waals surface area contributed by atoms with E-state index in [2.05, 4.69) is 11.7 Å². The van der Waals surface area contributed by atoms with Gasteiger partial charge in [-0.2, -0.15) is 8.78 Å². The quantitative estimate of drug-likeness (QED) is 0.221. The molecule has 3 aromatic rings. The van der Waals surface area contributed by atoms with E-state index in [9.17, 15) is 26.3 Å². The molecule has 0 saturated carbocycles. The topological polar surface area (TPSA) is 27.7 Å². The van der Waals surface area contributed by atoms with Crippen LogP contribution in [-0.2, 0) is 9.47 Å². The molecule has 0 radical (unpaired) electrons. The molecule has 0 bridgehead atoms. The number of benzene rings is 3. The van der Waals surface area contributed by atoms with E-state index in [0.29, 0.717) is 49.0 Å². The number of rotatable bonds is 8. The fourth-order valence-electron chi connectivity index (χ4n) is 3.96. The minimum absolute atomic E-state index is 0.291. The molecule has 0 aliphatic carbocycles. The molecule has 196 valence electrons. The Hall–Kier alpha value is -3.30. The number of hydrogen-bond acceptors (Lipinski definition) is 3. The minimum Gasteiger partial charge on any atom is -0.429 e. The van der Waals surface area contributed by atoms with Crippen molar-refractivity contribution in [3.63, 3.8) is 0 Å². The van der Waals surface area contributed by atoms with E-state index < -0.39 is 41.4 Å². The summed E-state index contributed by atoms with van der Waals surface area (Å²) in [6.45, 7) is 3.30. The third kappa shape index (κ3) is 6.72. The van der Waals surface area contributed by atoms with E-state index in [1.807, 2.05) is 0 Å². The van der Waals surface area contributed by atoms with Crippen molar-refractivity contribution < 1.29 is 40.6 Å². The molecule has 1 fully saturated rings. The van der Waals surface area contributed by atoms with Gasteiger partial charge in [0.15, 0.2) is 23.7 Å². The first-order valence-electron chi connectivity index (χ1n) is 11.7. The molecule has 0 N–H and O–H groups in total. The van der Waals surface area contributed by atoms with Crippen LogP contribution in [0.3, 0.4) is 0 Å². The highest BCUT2D eigenvalue weighted by Gasteiger charge is 2.28. The van der Waals surface area contributed by atoms with Gasteiger partial charge in [-0.25, -0.2) is 17.6 Å². The van der Waals surface area contributed by atoms with Gasteiger partial charge in [0.25, 0.3) is 0 Å². The van der Waals surface area contributed by atoms with Gasteiger partial charge in [0.2, 0.25) is 0 Å². The molecule has 1 saturated heterocycles. The van der Waals surface area contributed by atoms with E-state index in [1.165, 1.54) is 0 Å². The predicted octanol–water partition coefficient (Wildman–Crippen LogP) is 8.06. The standard InChI is InChI=1S/C28H24F6O3/c1-2-3-18-15-35-27(36-16-18)19-6-4-17(5-7-19)10-11-28(33,34)37-21-8-9-22(23(29)14-21)20-12-24(30)26(32)25(31)13-20/h4-14,18,27H,2-3,15-16H2,1H3/b11-10+. The summed E-state index contributed by atoms with van der Waals surface area (Å²) < 4.78 is 99.4. The highest BCUT2D eigenvalue weighted by molar-refractivity contribution is 5.65. The van der Waals surface area contributed by atoms with Crippen LogP contribution in [0.4, 0.5) is 26.3 Å². The Morgan fingerprint density at radius 1 is 0.892 bits per heavy atom. The first kappa shape index (κ1) is 26.8. The van der Waals surface area contributed by atoms with Crippen molar-refractivity contribution in [2.75, 3.05) is 13.2 Å². The summed E-state index contributed by atoms with van der Waals surface area (Å²) in [4.78, 5) is 0. The van der Waals surface area contributed by atoms with Crippen LogP contribution >= 0.6 is 0 Å². The summed E-state index contributed by atoms with van der Waals surface area (Å²) in [5.74, 6) is -5.92. The van der Waals surface area contributed by atoms with Crippen LogP contribution in [0.15, 0.2) is 60.7 Å². The van der Waals surface area contributed by atoms with Crippen LogP contribution in [0.25, 0.3) is 17.2 Å². The lowest BCUT2D eigenvalue weighted by Crippen LogP contribution is -2.26. The molecule has 3 aromatic carbocycles. The minimum atomic E-state index is -3.79. The van der Waals surface area contributed by atoms with Gasteiger partial charge >= 0.3 is 6.11 Å². The van der Waals surface area contributed by atoms with Gasteiger partial charge in [-0.05, 0) is 47.9 Å². The number of ether oxygens (including phenoxy) is 3. The lowest BCUT2D eigenvalue weighted by molar-refractivity contribution is -0.206. The van der Waals surface area contributed by atoms with Gasteiger partial charge in [-0.3, -0.25) is 0 Å². The van der Waals surface area contributed by atoms with Crippen molar-refractivity contribution in [3.8, 4) is 16.9 Å². The van der Waals surface area contributed by atoms with Gasteiger partial charge in [-0.1, -0.05) is 37.6 Å². The largest absolute Gasteiger partial charge is 0.429 e. The van der Waals surface area contributed by atoms with E-state index in [4.69, 9.17) is 9.47 Å². The number of halogens is 6. The van der Waals surface area contributed by atoms with Gasteiger partial charge in [-0.15, -0.1) is 0 Å². The van der Waals surface area contributed by atoms with Gasteiger partial charge in [0.1, 0.15) is 11.6 Å². The Morgan fingerprint density at radius 3 is 2.14 bits per heavy atom. The average Bonchev–Trinajstić information content (AvgIpc) is 2.87. The maximum atomic E-state index is 14.5. The van der Waals surface area contributed by atoms with Crippen LogP contribution < -0.4 is 4.74 Å². The van der Waals surface area contributed by atoms with Crippen molar-refractivity contribution in [2.45, 2.75) is 32.2 Å². The van der Waals surface area contributed by atoms with Gasteiger partial charge in [0, 0.05) is 29.2 Å². The molecule has 4 rings (SSSR count). The Morgan fingerprint density at radius 2 is 1.54 bits per heavy atom. The van der Waals surface area contributed by atoms with Crippen LogP contribution in [0.1, 0.15) is 37.2 Å². The molecule has 0 amide bonds. The second-order valence-electron chi connectivity index (χ2n) is 8.71. The lowest BCUT2D eigenvalue weighted by atomic mass is 10.0. The molecule has 1 aliphatic heterocycles. The van der Waals surface area contributed by atoms with Crippen LogP contribution in [0.5, 0.6) is 5.75 Å². The van der Waals surface area contributed by atoms with Crippen molar-refractivity contribution in [1.29, 1.82) is 0 Å². The van der Waals surface area contributed by atoms with E-state index in [0.717, 1.165) is 36.6 Å². The SMILES string of the molecule is CCCC1COC(c2ccc(/C=C/C(F)(F)Oc3ccc(-c4cc(F)c(F)c(F)c4)c(F)c3)cc2)OC1. The zero-order valence-corrected chi connectivity index (χ0v) is 19.8. The molecular weight excluding hydrogens is 498 g/mol. The van der Waals surface area contributed by atoms with Gasteiger partial charge in [0.05, 0.1) is 13.2 Å². The van der Waals surface area contributed by atoms with E-state index in [1.54, 1.807) is 24.3 Å². The van der Waals surface area contributed by atoms with Crippen molar-refractivity contribution in [2.24, 2.45) is 5.92 Å². The zero-order valence-electron chi connectivity index (χ0n) is 19.8. The van der Waals surface area contributed by atoms with Crippen LogP contribution in [0, 0.1) is 29.2 Å². The summed E-state index contributed by atoms with van der Waals surface area (Å²) in [5, 5.41) is 0. The fourth-order valence-corrected chi connectivity index (χ4v) is 3.96. The fraction of sp³-hybridized carbons (Fsp3) is 0.286. The van der Waals surface area contributed by atoms with Crippen LogP contribution in [-0.4, -0.2) is 19.3 Å². The second-order valence-corrected chi connectivity index (χ2v) is 8.71. The summed E-state index contributed by atoms with van der Waals surface area (Å²) in [5.41, 5.74) is 0.636. The van der Waals surface area contributed by atoms with Gasteiger partial charge < -0.3 is 14.2 Å². The maximum absolute atomic E-state index is 14.5. The predicted molar refractivity (Wildman–Crippen MR) is 126 cm³/mol. The van der Waals surface area contributed by atoms with Crippen LogP contribution in [0.2, 0.25) is 0 Å². The normalized spacial score (nSPS) is 18.4. The summed E-state index contributed by atoms with van der Waals surface area (Å²) in [6, 6.07) is 10.6. The first-order chi connectivity index (χ1) is 17.6. The second kappa shape index (κ2) is 11.4. The molecule has 0 aromatic heterocycles. The molecular formula is C28H24F6O3. The average molecular weight is 522 g/mol. The molecule has 1 aliphatic rings. The summed E-state index contributed by atoms with van der Waals surface area (Å²) >= 11 is 0. The highest BCUT2D eigenvalue weighted by atomic mass is 19.3. The summed E-state index contributed by atoms with van der Waals surface area (Å²) in [7, 11) is 0. The van der Waals surface area contributed by atoms with Crippen molar-refractivity contribution >= 4 is 6.08 Å². The molecule has 9 heteroatoms. The van der Waals surface area contributed by atoms with E-state index >= 15 is 0 Å². The Labute approximate surface area is 210 Å². The van der Waals surface area contributed by atoms with Crippen molar-refractivity contribution in [3.05, 3.63) is 95.1 Å². The van der Waals surface area contributed by atoms with Crippen molar-refractivity contribution in [1.82, 2.24) is 0 Å².